The molecule has 0 aliphatic rings. The molecule has 0 spiro atoms. The predicted molar refractivity (Wildman–Crippen MR) is 63.5 cm³/mol. The van der Waals surface area contributed by atoms with Crippen molar-refractivity contribution in [2.45, 2.75) is 0 Å². The van der Waals surface area contributed by atoms with Crippen molar-refractivity contribution in [3.8, 4) is 11.5 Å². The molecular weight excluding hydrogens is 219 g/mol. The van der Waals surface area contributed by atoms with E-state index in [-0.39, 0.29) is 5.48 Å². The summed E-state index contributed by atoms with van der Waals surface area (Å²) in [5.74, 6) is 1.70. The molecule has 0 amide bonds. The minimum absolute atomic E-state index is 0. The van der Waals surface area contributed by atoms with Crippen molar-refractivity contribution >= 4 is 15.9 Å². The van der Waals surface area contributed by atoms with Crippen LogP contribution in [0.1, 0.15) is 0 Å². The van der Waals surface area contributed by atoms with Crippen LogP contribution >= 0.6 is 0 Å². The zero-order valence-electron chi connectivity index (χ0n) is 8.67. The Hall–Kier alpha value is -1.47. The molecule has 0 aliphatic carbocycles. The monoisotopic (exact) mass is 231 g/mol. The van der Waals surface area contributed by atoms with Gasteiger partial charge in [0.1, 0.15) is 0 Å². The molecule has 3 nitrogen and oxygen atoms in total. The van der Waals surface area contributed by atoms with E-state index in [0.29, 0.717) is 0 Å². The molecule has 2 aromatic rings. The van der Waals surface area contributed by atoms with Crippen LogP contribution in [0.15, 0.2) is 60.7 Å². The first-order chi connectivity index (χ1) is 7.45. The Morgan fingerprint density at radius 2 is 1.00 bits per heavy atom. The minimum atomic E-state index is -0.499. The van der Waals surface area contributed by atoms with Gasteiger partial charge in [-0.2, -0.15) is 0 Å². The average Bonchev–Trinajstić information content (AvgIpc) is 2.32. The summed E-state index contributed by atoms with van der Waals surface area (Å²) in [6.45, 7) is 0. The molecule has 0 saturated carbocycles. The lowest BCUT2D eigenvalue weighted by atomic mass is 10.3. The van der Waals surface area contributed by atoms with Crippen LogP contribution in [0, 0.1) is 0 Å². The molecular formula is C12H12AlO3. The van der Waals surface area contributed by atoms with Gasteiger partial charge in [-0.05, 0) is 24.3 Å². The van der Waals surface area contributed by atoms with Crippen LogP contribution in [-0.4, -0.2) is 21.4 Å². The Morgan fingerprint density at radius 1 is 0.625 bits per heavy atom. The summed E-state index contributed by atoms with van der Waals surface area (Å²) in [6.07, 6.45) is 0. The van der Waals surface area contributed by atoms with Gasteiger partial charge in [0.15, 0.2) is 0 Å². The third-order valence-electron chi connectivity index (χ3n) is 1.85. The zero-order chi connectivity index (χ0) is 10.3. The number of hydrogen-bond donors (Lipinski definition) is 0. The van der Waals surface area contributed by atoms with Gasteiger partial charge in [0.2, 0.25) is 0 Å². The fourth-order valence-electron chi connectivity index (χ4n) is 1.13. The number of hydrogen-bond acceptors (Lipinski definition) is 2. The van der Waals surface area contributed by atoms with Crippen LogP contribution in [0.5, 0.6) is 11.5 Å². The molecule has 16 heavy (non-hydrogen) atoms. The van der Waals surface area contributed by atoms with Gasteiger partial charge < -0.3 is 13.1 Å². The van der Waals surface area contributed by atoms with Crippen molar-refractivity contribution in [2.75, 3.05) is 0 Å². The van der Waals surface area contributed by atoms with E-state index in [9.17, 15) is 0 Å². The Balaban J connectivity index is 0.00000128. The second-order valence-electron chi connectivity index (χ2n) is 2.96. The molecule has 0 aromatic heterocycles. The first-order valence-corrected chi connectivity index (χ1v) is 5.64. The number of rotatable bonds is 4. The maximum Gasteiger partial charge on any atom is 0.881 e. The van der Waals surface area contributed by atoms with Gasteiger partial charge in [0, 0.05) is 0 Å². The number of para-hydroxylation sites is 2. The topological polar surface area (TPSA) is 50.0 Å². The highest BCUT2D eigenvalue weighted by molar-refractivity contribution is 6.20. The van der Waals surface area contributed by atoms with Crippen molar-refractivity contribution in [2.24, 2.45) is 0 Å². The van der Waals surface area contributed by atoms with Crippen molar-refractivity contribution in [3.63, 3.8) is 0 Å². The number of benzene rings is 2. The highest BCUT2D eigenvalue weighted by Crippen LogP contribution is 2.10. The summed E-state index contributed by atoms with van der Waals surface area (Å²) in [6, 6.07) is 19.4. The van der Waals surface area contributed by atoms with Gasteiger partial charge in [-0.25, -0.2) is 0 Å². The van der Waals surface area contributed by atoms with Gasteiger partial charge in [0.25, 0.3) is 0 Å². The lowest BCUT2D eigenvalue weighted by Gasteiger charge is -2.07. The van der Waals surface area contributed by atoms with Crippen molar-refractivity contribution in [3.05, 3.63) is 60.7 Å². The van der Waals surface area contributed by atoms with Gasteiger partial charge >= 0.3 is 15.9 Å². The summed E-state index contributed by atoms with van der Waals surface area (Å²) in [4.78, 5) is 0. The SMILES string of the molecule is O.c1ccc([O][Al][O]c2ccccc2)cc1. The minimum Gasteiger partial charge on any atom is -0.616 e. The van der Waals surface area contributed by atoms with Crippen LogP contribution in [0.3, 0.4) is 0 Å². The van der Waals surface area contributed by atoms with Crippen LogP contribution in [-0.2, 0) is 0 Å². The third kappa shape index (κ3) is 3.95. The molecule has 0 unspecified atom stereocenters. The molecule has 0 saturated heterocycles. The van der Waals surface area contributed by atoms with Crippen molar-refractivity contribution in [1.82, 2.24) is 0 Å². The first kappa shape index (κ1) is 12.6. The Kier molecular flexibility index (Phi) is 5.45. The molecule has 2 N–H and O–H groups in total. The van der Waals surface area contributed by atoms with Crippen LogP contribution in [0.4, 0.5) is 0 Å². The van der Waals surface area contributed by atoms with E-state index in [2.05, 4.69) is 0 Å². The summed E-state index contributed by atoms with van der Waals surface area (Å²) >= 11 is -0.499. The molecule has 2 aromatic carbocycles. The first-order valence-electron chi connectivity index (χ1n) is 4.70. The molecule has 81 valence electrons. The lowest BCUT2D eigenvalue weighted by molar-refractivity contribution is 0.459. The third-order valence-corrected chi connectivity index (χ3v) is 2.59. The van der Waals surface area contributed by atoms with Gasteiger partial charge in [0.05, 0.1) is 11.5 Å². The average molecular weight is 231 g/mol. The fraction of sp³-hybridized carbons (Fsp3) is 0. The normalized spacial score (nSPS) is 8.75. The van der Waals surface area contributed by atoms with Crippen LogP contribution in [0.25, 0.3) is 0 Å². The lowest BCUT2D eigenvalue weighted by Crippen LogP contribution is -2.10. The van der Waals surface area contributed by atoms with E-state index in [1.54, 1.807) is 0 Å². The predicted octanol–water partition coefficient (Wildman–Crippen LogP) is 1.85. The Morgan fingerprint density at radius 3 is 1.38 bits per heavy atom. The summed E-state index contributed by atoms with van der Waals surface area (Å²) in [5.41, 5.74) is 0. The molecule has 0 aliphatic heterocycles. The van der Waals surface area contributed by atoms with Gasteiger partial charge in [-0.3, -0.25) is 0 Å². The zero-order valence-corrected chi connectivity index (χ0v) is 9.82. The van der Waals surface area contributed by atoms with E-state index in [1.165, 1.54) is 0 Å². The summed E-state index contributed by atoms with van der Waals surface area (Å²) < 4.78 is 10.9. The molecule has 0 fully saturated rings. The van der Waals surface area contributed by atoms with Crippen LogP contribution < -0.4 is 7.58 Å². The highest BCUT2D eigenvalue weighted by Gasteiger charge is 2.04. The smallest absolute Gasteiger partial charge is 0.616 e. The van der Waals surface area contributed by atoms with E-state index in [1.807, 2.05) is 60.7 Å². The Labute approximate surface area is 101 Å². The molecule has 0 bridgehead atoms. The van der Waals surface area contributed by atoms with E-state index in [4.69, 9.17) is 7.58 Å². The second-order valence-corrected chi connectivity index (χ2v) is 3.62. The summed E-state index contributed by atoms with van der Waals surface area (Å²) in [5, 5.41) is 0. The maximum absolute atomic E-state index is 5.47. The van der Waals surface area contributed by atoms with Gasteiger partial charge in [-0.15, -0.1) is 0 Å². The second kappa shape index (κ2) is 6.91. The summed E-state index contributed by atoms with van der Waals surface area (Å²) in [7, 11) is 0. The van der Waals surface area contributed by atoms with Crippen molar-refractivity contribution in [1.29, 1.82) is 0 Å². The fourth-order valence-corrected chi connectivity index (χ4v) is 1.72. The molecule has 4 heteroatoms. The van der Waals surface area contributed by atoms with Crippen LogP contribution in [0.2, 0.25) is 0 Å². The maximum atomic E-state index is 5.47. The molecule has 2 rings (SSSR count). The highest BCUT2D eigenvalue weighted by atomic mass is 27.2. The quantitative estimate of drug-likeness (QED) is 0.754. The van der Waals surface area contributed by atoms with E-state index < -0.39 is 15.9 Å². The van der Waals surface area contributed by atoms with E-state index >= 15 is 0 Å². The standard InChI is InChI=1S/2C6H6O.Al.H2O/c2*7-6-4-2-1-3-5-6;;/h2*1-5,7H;;1H2/q;;+2;/p-2. The largest absolute Gasteiger partial charge is 0.881 e. The molecule has 1 radical (unpaired) electrons. The van der Waals surface area contributed by atoms with Gasteiger partial charge in [-0.1, -0.05) is 36.4 Å². The molecule has 0 heterocycles. The molecule has 0 atom stereocenters. The van der Waals surface area contributed by atoms with Crippen molar-refractivity contribution < 1.29 is 13.1 Å². The Bertz CT molecular complexity index is 352. The van der Waals surface area contributed by atoms with E-state index in [0.717, 1.165) is 11.5 Å².